The highest BCUT2D eigenvalue weighted by molar-refractivity contribution is 5.43. The molecule has 0 bridgehead atoms. The maximum absolute atomic E-state index is 10.3. The lowest BCUT2D eigenvalue weighted by molar-refractivity contribution is 0.00445. The first-order valence-electron chi connectivity index (χ1n) is 11.0. The standard InChI is InChI=1S/C23H36N4O4/c1-18-13-19(2)27(25-18)8-4-7-24-15-20-5-6-22(23(14-20)29-3)31-17-21(28)16-26-9-11-30-12-10-26/h5-6,13-14,21,24,28H,4,7-12,15-17H2,1-3H3/t21-/m1/s1. The fourth-order valence-corrected chi connectivity index (χ4v) is 3.75. The first kappa shape index (κ1) is 23.5. The molecule has 0 aliphatic carbocycles. The molecule has 2 heterocycles. The van der Waals surface area contributed by atoms with E-state index in [-0.39, 0.29) is 6.61 Å². The number of β-amino-alcohol motifs (C(OH)–C–C–N with tert-alkyl or cyclic N) is 1. The summed E-state index contributed by atoms with van der Waals surface area (Å²) in [5, 5.41) is 18.2. The Morgan fingerprint density at radius 2 is 2.00 bits per heavy atom. The van der Waals surface area contributed by atoms with Crippen molar-refractivity contribution in [2.24, 2.45) is 0 Å². The summed E-state index contributed by atoms with van der Waals surface area (Å²) in [7, 11) is 1.64. The molecular weight excluding hydrogens is 396 g/mol. The molecule has 8 nitrogen and oxygen atoms in total. The number of hydrogen-bond acceptors (Lipinski definition) is 7. The summed E-state index contributed by atoms with van der Waals surface area (Å²) in [5.41, 5.74) is 3.39. The van der Waals surface area contributed by atoms with E-state index in [1.165, 1.54) is 5.69 Å². The molecule has 8 heteroatoms. The normalized spacial score (nSPS) is 15.7. The Balaban J connectivity index is 1.39. The van der Waals surface area contributed by atoms with Gasteiger partial charge in [-0.25, -0.2) is 0 Å². The van der Waals surface area contributed by atoms with Crippen LogP contribution in [-0.4, -0.2) is 79.0 Å². The first-order valence-corrected chi connectivity index (χ1v) is 11.0. The Labute approximate surface area is 185 Å². The van der Waals surface area contributed by atoms with Gasteiger partial charge in [0.2, 0.25) is 0 Å². The summed E-state index contributed by atoms with van der Waals surface area (Å²) in [6.07, 6.45) is 0.466. The molecule has 0 radical (unpaired) electrons. The van der Waals surface area contributed by atoms with Crippen molar-refractivity contribution in [2.75, 3.05) is 53.1 Å². The van der Waals surface area contributed by atoms with Gasteiger partial charge in [-0.1, -0.05) is 6.07 Å². The SMILES string of the molecule is COc1cc(CNCCCn2nc(C)cc2C)ccc1OC[C@H](O)CN1CCOCC1. The number of rotatable bonds is 12. The molecule has 172 valence electrons. The van der Waals surface area contributed by atoms with E-state index in [1.54, 1.807) is 7.11 Å². The maximum atomic E-state index is 10.3. The summed E-state index contributed by atoms with van der Waals surface area (Å²) in [6, 6.07) is 8.02. The van der Waals surface area contributed by atoms with Crippen molar-refractivity contribution in [3.63, 3.8) is 0 Å². The Morgan fingerprint density at radius 3 is 2.71 bits per heavy atom. The number of aryl methyl sites for hydroxylation is 3. The predicted octanol–water partition coefficient (Wildman–Crippen LogP) is 1.76. The summed E-state index contributed by atoms with van der Waals surface area (Å²) in [4.78, 5) is 2.19. The van der Waals surface area contributed by atoms with E-state index >= 15 is 0 Å². The minimum absolute atomic E-state index is 0.234. The number of hydrogen-bond donors (Lipinski definition) is 2. The van der Waals surface area contributed by atoms with Crippen molar-refractivity contribution in [1.82, 2.24) is 20.0 Å². The number of aliphatic hydroxyl groups is 1. The third-order valence-electron chi connectivity index (χ3n) is 5.39. The van der Waals surface area contributed by atoms with E-state index in [1.807, 2.05) is 25.1 Å². The second-order valence-corrected chi connectivity index (χ2v) is 8.04. The molecule has 2 aromatic rings. The second-order valence-electron chi connectivity index (χ2n) is 8.04. The van der Waals surface area contributed by atoms with Gasteiger partial charge >= 0.3 is 0 Å². The largest absolute Gasteiger partial charge is 0.493 e. The minimum atomic E-state index is -0.550. The van der Waals surface area contributed by atoms with E-state index in [0.29, 0.717) is 18.0 Å². The van der Waals surface area contributed by atoms with Crippen molar-refractivity contribution in [1.29, 1.82) is 0 Å². The number of nitrogens with zero attached hydrogens (tertiary/aromatic N) is 3. The third-order valence-corrected chi connectivity index (χ3v) is 5.39. The number of morpholine rings is 1. The van der Waals surface area contributed by atoms with Gasteiger partial charge in [-0.3, -0.25) is 9.58 Å². The molecule has 0 unspecified atom stereocenters. The fourth-order valence-electron chi connectivity index (χ4n) is 3.75. The van der Waals surface area contributed by atoms with Gasteiger partial charge in [0.05, 0.1) is 26.0 Å². The molecule has 1 fully saturated rings. The van der Waals surface area contributed by atoms with Crippen LogP contribution in [0, 0.1) is 13.8 Å². The molecule has 1 atom stereocenters. The topological polar surface area (TPSA) is 81.0 Å². The Hall–Kier alpha value is -2.13. The van der Waals surface area contributed by atoms with E-state index in [0.717, 1.165) is 63.6 Å². The van der Waals surface area contributed by atoms with Crippen LogP contribution in [0.5, 0.6) is 11.5 Å². The van der Waals surface area contributed by atoms with Crippen molar-refractivity contribution >= 4 is 0 Å². The zero-order valence-electron chi connectivity index (χ0n) is 19.0. The molecule has 31 heavy (non-hydrogen) atoms. The molecule has 0 saturated carbocycles. The van der Waals surface area contributed by atoms with Crippen LogP contribution in [0.1, 0.15) is 23.4 Å². The smallest absolute Gasteiger partial charge is 0.161 e. The van der Waals surface area contributed by atoms with E-state index in [2.05, 4.69) is 33.0 Å². The Kier molecular flexibility index (Phi) is 9.14. The van der Waals surface area contributed by atoms with E-state index in [4.69, 9.17) is 14.2 Å². The summed E-state index contributed by atoms with van der Waals surface area (Å²) >= 11 is 0. The molecule has 1 aliphatic rings. The number of nitrogens with one attached hydrogen (secondary N) is 1. The van der Waals surface area contributed by atoms with Crippen molar-refractivity contribution in [2.45, 2.75) is 39.5 Å². The van der Waals surface area contributed by atoms with E-state index in [9.17, 15) is 5.11 Å². The number of ether oxygens (including phenoxy) is 3. The first-order chi connectivity index (χ1) is 15.0. The molecule has 0 spiro atoms. The van der Waals surface area contributed by atoms with Gasteiger partial charge in [-0.2, -0.15) is 5.10 Å². The van der Waals surface area contributed by atoms with Crippen LogP contribution in [0.15, 0.2) is 24.3 Å². The monoisotopic (exact) mass is 432 g/mol. The molecule has 1 aromatic heterocycles. The predicted molar refractivity (Wildman–Crippen MR) is 120 cm³/mol. The summed E-state index contributed by atoms with van der Waals surface area (Å²) in [6.45, 7) is 10.7. The molecule has 0 amide bonds. The lowest BCUT2D eigenvalue weighted by Crippen LogP contribution is -2.42. The highest BCUT2D eigenvalue weighted by Crippen LogP contribution is 2.28. The highest BCUT2D eigenvalue weighted by Gasteiger charge is 2.16. The molecule has 1 saturated heterocycles. The van der Waals surface area contributed by atoms with Crippen molar-refractivity contribution in [3.05, 3.63) is 41.2 Å². The Morgan fingerprint density at radius 1 is 1.19 bits per heavy atom. The van der Waals surface area contributed by atoms with Gasteiger partial charge in [-0.15, -0.1) is 0 Å². The molecular formula is C23H36N4O4. The Bertz CT molecular complexity index is 805. The second kappa shape index (κ2) is 12.0. The summed E-state index contributed by atoms with van der Waals surface area (Å²) < 4.78 is 18.7. The third kappa shape index (κ3) is 7.50. The van der Waals surface area contributed by atoms with Gasteiger partial charge in [0, 0.05) is 38.4 Å². The lowest BCUT2D eigenvalue weighted by Gasteiger charge is -2.28. The lowest BCUT2D eigenvalue weighted by atomic mass is 10.2. The van der Waals surface area contributed by atoms with Gasteiger partial charge in [0.1, 0.15) is 12.7 Å². The number of methoxy groups -OCH3 is 1. The number of benzene rings is 1. The van der Waals surface area contributed by atoms with Crippen LogP contribution in [-0.2, 0) is 17.8 Å². The van der Waals surface area contributed by atoms with Gasteiger partial charge in [0.15, 0.2) is 11.5 Å². The number of aromatic nitrogens is 2. The highest BCUT2D eigenvalue weighted by atomic mass is 16.5. The zero-order chi connectivity index (χ0) is 22.1. The van der Waals surface area contributed by atoms with Gasteiger partial charge < -0.3 is 24.6 Å². The van der Waals surface area contributed by atoms with Crippen LogP contribution >= 0.6 is 0 Å². The van der Waals surface area contributed by atoms with E-state index < -0.39 is 6.10 Å². The average molecular weight is 433 g/mol. The molecule has 2 N–H and O–H groups in total. The van der Waals surface area contributed by atoms with Crippen LogP contribution < -0.4 is 14.8 Å². The van der Waals surface area contributed by atoms with Crippen LogP contribution in [0.2, 0.25) is 0 Å². The fraction of sp³-hybridized carbons (Fsp3) is 0.609. The average Bonchev–Trinajstić information content (AvgIpc) is 3.09. The van der Waals surface area contributed by atoms with Crippen molar-refractivity contribution < 1.29 is 19.3 Å². The van der Waals surface area contributed by atoms with Gasteiger partial charge in [-0.05, 0) is 50.6 Å². The quantitative estimate of drug-likeness (QED) is 0.495. The maximum Gasteiger partial charge on any atom is 0.161 e. The summed E-state index contributed by atoms with van der Waals surface area (Å²) in [5.74, 6) is 1.33. The minimum Gasteiger partial charge on any atom is -0.493 e. The molecule has 3 rings (SSSR count). The molecule has 1 aliphatic heterocycles. The zero-order valence-corrected chi connectivity index (χ0v) is 19.0. The van der Waals surface area contributed by atoms with Crippen LogP contribution in [0.3, 0.4) is 0 Å². The van der Waals surface area contributed by atoms with Crippen LogP contribution in [0.25, 0.3) is 0 Å². The van der Waals surface area contributed by atoms with Crippen molar-refractivity contribution in [3.8, 4) is 11.5 Å². The molecule has 1 aromatic carbocycles. The number of aliphatic hydroxyl groups excluding tert-OH is 1. The van der Waals surface area contributed by atoms with Gasteiger partial charge in [0.25, 0.3) is 0 Å². The van der Waals surface area contributed by atoms with Crippen LogP contribution in [0.4, 0.5) is 0 Å².